The third-order valence-electron chi connectivity index (χ3n) is 4.92. The van der Waals surface area contributed by atoms with E-state index >= 15 is 0 Å². The van der Waals surface area contributed by atoms with E-state index in [2.05, 4.69) is 20.8 Å². The van der Waals surface area contributed by atoms with Crippen LogP contribution >= 0.6 is 11.3 Å². The van der Waals surface area contributed by atoms with Crippen molar-refractivity contribution in [2.75, 3.05) is 19.0 Å². The van der Waals surface area contributed by atoms with Gasteiger partial charge in [-0.1, -0.05) is 5.16 Å². The van der Waals surface area contributed by atoms with Gasteiger partial charge in [-0.15, -0.1) is 11.3 Å². The zero-order valence-electron chi connectivity index (χ0n) is 18.3. The number of rotatable bonds is 6. The number of pyridine rings is 1. The predicted octanol–water partition coefficient (Wildman–Crippen LogP) is 3.95. The summed E-state index contributed by atoms with van der Waals surface area (Å²) in [5, 5.41) is 9.85. The standard InChI is InChI=1S/C22H20N4O6S/c1-5-30-22(29)15-10(2)17(19(28)23-4)33-21(15)25-18(27)12-9-13(14-7-6-8-31-14)24-20-16(12)11(3)26-32-20/h6-9H,5H2,1-4H3,(H,23,28)(H,25,27). The van der Waals surface area contributed by atoms with E-state index in [0.29, 0.717) is 33.0 Å². The van der Waals surface area contributed by atoms with Crippen molar-refractivity contribution in [3.05, 3.63) is 51.7 Å². The Labute approximate surface area is 191 Å². The summed E-state index contributed by atoms with van der Waals surface area (Å²) in [5.41, 5.74) is 1.82. The molecule has 0 aliphatic heterocycles. The number of ether oxygens (including phenoxy) is 1. The second-order valence-corrected chi connectivity index (χ2v) is 8.02. The highest BCUT2D eigenvalue weighted by molar-refractivity contribution is 7.18. The number of furan rings is 1. The van der Waals surface area contributed by atoms with Crippen molar-refractivity contribution in [1.29, 1.82) is 0 Å². The second-order valence-electron chi connectivity index (χ2n) is 6.99. The van der Waals surface area contributed by atoms with Crippen molar-refractivity contribution in [1.82, 2.24) is 15.5 Å². The van der Waals surface area contributed by atoms with Crippen LogP contribution in [0.1, 0.15) is 48.6 Å². The smallest absolute Gasteiger partial charge is 0.341 e. The molecule has 10 nitrogen and oxygen atoms in total. The Morgan fingerprint density at radius 3 is 2.67 bits per heavy atom. The monoisotopic (exact) mass is 468 g/mol. The fourth-order valence-electron chi connectivity index (χ4n) is 3.38. The number of aromatic nitrogens is 2. The van der Waals surface area contributed by atoms with Crippen LogP contribution in [0.3, 0.4) is 0 Å². The van der Waals surface area contributed by atoms with Gasteiger partial charge in [-0.3, -0.25) is 9.59 Å². The summed E-state index contributed by atoms with van der Waals surface area (Å²) in [6, 6.07) is 4.97. The van der Waals surface area contributed by atoms with Crippen LogP contribution in [-0.2, 0) is 4.74 Å². The molecule has 0 aliphatic rings. The number of nitrogens with zero attached hydrogens (tertiary/aromatic N) is 2. The number of fused-ring (bicyclic) bond motifs is 1. The lowest BCUT2D eigenvalue weighted by molar-refractivity contribution is 0.0527. The van der Waals surface area contributed by atoms with Crippen molar-refractivity contribution in [3.63, 3.8) is 0 Å². The van der Waals surface area contributed by atoms with E-state index < -0.39 is 11.9 Å². The first-order valence-corrected chi connectivity index (χ1v) is 10.8. The van der Waals surface area contributed by atoms with E-state index in [1.807, 2.05) is 0 Å². The van der Waals surface area contributed by atoms with Gasteiger partial charge in [0.05, 0.1) is 40.0 Å². The Balaban J connectivity index is 1.81. The SMILES string of the molecule is CCOC(=O)c1c(NC(=O)c2cc(-c3ccco3)nc3onc(C)c23)sc(C(=O)NC)c1C. The molecule has 11 heteroatoms. The molecule has 4 rings (SSSR count). The molecule has 0 aromatic carbocycles. The Morgan fingerprint density at radius 1 is 1.21 bits per heavy atom. The maximum Gasteiger partial charge on any atom is 0.341 e. The zero-order chi connectivity index (χ0) is 23.7. The molecular formula is C22H20N4O6S. The lowest BCUT2D eigenvalue weighted by Crippen LogP contribution is -2.18. The van der Waals surface area contributed by atoms with Crippen molar-refractivity contribution < 1.29 is 28.1 Å². The molecule has 0 spiro atoms. The van der Waals surface area contributed by atoms with E-state index in [9.17, 15) is 14.4 Å². The van der Waals surface area contributed by atoms with Crippen LogP contribution in [0.25, 0.3) is 22.6 Å². The number of thiophene rings is 1. The predicted molar refractivity (Wildman–Crippen MR) is 121 cm³/mol. The van der Waals surface area contributed by atoms with Crippen LogP contribution < -0.4 is 10.6 Å². The van der Waals surface area contributed by atoms with Gasteiger partial charge in [0, 0.05) is 7.05 Å². The van der Waals surface area contributed by atoms with Gasteiger partial charge in [0.25, 0.3) is 17.5 Å². The maximum absolute atomic E-state index is 13.4. The molecule has 170 valence electrons. The van der Waals surface area contributed by atoms with Crippen LogP contribution in [0.2, 0.25) is 0 Å². The van der Waals surface area contributed by atoms with Gasteiger partial charge in [-0.25, -0.2) is 9.78 Å². The number of anilines is 1. The second kappa shape index (κ2) is 8.87. The fraction of sp³-hybridized carbons (Fsp3) is 0.227. The maximum atomic E-state index is 13.4. The minimum Gasteiger partial charge on any atom is -0.463 e. The molecule has 0 saturated carbocycles. The number of esters is 1. The Bertz CT molecular complexity index is 1370. The molecule has 0 saturated heterocycles. The van der Waals surface area contributed by atoms with E-state index in [4.69, 9.17) is 13.7 Å². The molecule has 0 fully saturated rings. The molecule has 2 N–H and O–H groups in total. The van der Waals surface area contributed by atoms with Gasteiger partial charge in [0.15, 0.2) is 5.76 Å². The molecule has 0 unspecified atom stereocenters. The summed E-state index contributed by atoms with van der Waals surface area (Å²) < 4.78 is 15.8. The summed E-state index contributed by atoms with van der Waals surface area (Å²) in [4.78, 5) is 43.0. The molecule has 33 heavy (non-hydrogen) atoms. The zero-order valence-corrected chi connectivity index (χ0v) is 19.1. The number of hydrogen-bond acceptors (Lipinski definition) is 9. The molecule has 2 amide bonds. The summed E-state index contributed by atoms with van der Waals surface area (Å²) in [6.07, 6.45) is 1.49. The van der Waals surface area contributed by atoms with Gasteiger partial charge in [0.2, 0.25) is 0 Å². The number of carbonyl (C=O) groups excluding carboxylic acids is 3. The van der Waals surface area contributed by atoms with Crippen molar-refractivity contribution in [3.8, 4) is 11.5 Å². The van der Waals surface area contributed by atoms with Crippen LogP contribution in [-0.4, -0.2) is 41.6 Å². The van der Waals surface area contributed by atoms with Gasteiger partial charge in [-0.2, -0.15) is 0 Å². The highest BCUT2D eigenvalue weighted by atomic mass is 32.1. The number of amides is 2. The van der Waals surface area contributed by atoms with Crippen molar-refractivity contribution in [2.24, 2.45) is 0 Å². The Kier molecular flexibility index (Phi) is 5.97. The van der Waals surface area contributed by atoms with Gasteiger partial charge >= 0.3 is 5.97 Å². The largest absolute Gasteiger partial charge is 0.463 e. The van der Waals surface area contributed by atoms with E-state index in [1.165, 1.54) is 13.3 Å². The molecular weight excluding hydrogens is 448 g/mol. The van der Waals surface area contributed by atoms with Gasteiger partial charge in [-0.05, 0) is 44.5 Å². The topological polar surface area (TPSA) is 137 Å². The van der Waals surface area contributed by atoms with Gasteiger partial charge < -0.3 is 24.3 Å². The lowest BCUT2D eigenvalue weighted by atomic mass is 10.1. The first-order valence-electron chi connectivity index (χ1n) is 10.0. The molecule has 4 aromatic heterocycles. The van der Waals surface area contributed by atoms with Crippen molar-refractivity contribution in [2.45, 2.75) is 20.8 Å². The number of aryl methyl sites for hydroxylation is 1. The number of hydrogen-bond donors (Lipinski definition) is 2. The number of carbonyl (C=O) groups is 3. The van der Waals surface area contributed by atoms with Crippen molar-refractivity contribution >= 4 is 45.2 Å². The normalized spacial score (nSPS) is 10.9. The molecule has 0 aliphatic carbocycles. The van der Waals surface area contributed by atoms with Crippen LogP contribution in [0.5, 0.6) is 0 Å². The first kappa shape index (κ1) is 22.2. The van der Waals surface area contributed by atoms with E-state index in [1.54, 1.807) is 39.0 Å². The Morgan fingerprint density at radius 2 is 2.00 bits per heavy atom. The Hall–Kier alpha value is -3.99. The number of nitrogens with one attached hydrogen (secondary N) is 2. The summed E-state index contributed by atoms with van der Waals surface area (Å²) in [7, 11) is 1.49. The minimum absolute atomic E-state index is 0.132. The van der Waals surface area contributed by atoms with Gasteiger partial charge in [0.1, 0.15) is 10.7 Å². The van der Waals surface area contributed by atoms with E-state index in [0.717, 1.165) is 11.3 Å². The molecule has 0 bridgehead atoms. The minimum atomic E-state index is -0.631. The highest BCUT2D eigenvalue weighted by Gasteiger charge is 2.28. The fourth-order valence-corrected chi connectivity index (χ4v) is 4.51. The van der Waals surface area contributed by atoms with Crippen LogP contribution in [0.15, 0.2) is 33.4 Å². The third kappa shape index (κ3) is 3.98. The molecule has 4 heterocycles. The first-order chi connectivity index (χ1) is 15.8. The third-order valence-corrected chi connectivity index (χ3v) is 6.13. The lowest BCUT2D eigenvalue weighted by Gasteiger charge is -2.08. The summed E-state index contributed by atoms with van der Waals surface area (Å²) in [6.45, 7) is 5.15. The summed E-state index contributed by atoms with van der Waals surface area (Å²) >= 11 is 0.992. The molecule has 0 atom stereocenters. The molecule has 4 aromatic rings. The van der Waals surface area contributed by atoms with Crippen LogP contribution in [0, 0.1) is 13.8 Å². The highest BCUT2D eigenvalue weighted by Crippen LogP contribution is 2.35. The summed E-state index contributed by atoms with van der Waals surface area (Å²) in [5.74, 6) is -1.09. The molecule has 0 radical (unpaired) electrons. The van der Waals surface area contributed by atoms with E-state index in [-0.39, 0.29) is 34.4 Å². The average Bonchev–Trinajstić information content (AvgIpc) is 3.53. The van der Waals surface area contributed by atoms with Crippen LogP contribution in [0.4, 0.5) is 5.00 Å². The quantitative estimate of drug-likeness (QED) is 0.406. The average molecular weight is 468 g/mol.